The SMILES string of the molecule is C#CC(O)/C(C)=C(/C)CCOC1CCCCO1. The highest BCUT2D eigenvalue weighted by Gasteiger charge is 2.14. The van der Waals surface area contributed by atoms with Gasteiger partial charge in [0.05, 0.1) is 6.61 Å². The van der Waals surface area contributed by atoms with Crippen LogP contribution in [0.2, 0.25) is 0 Å². The molecule has 3 nitrogen and oxygen atoms in total. The van der Waals surface area contributed by atoms with Gasteiger partial charge in [0.2, 0.25) is 0 Å². The first-order valence-electron chi connectivity index (χ1n) is 6.18. The van der Waals surface area contributed by atoms with Crippen LogP contribution in [0.3, 0.4) is 0 Å². The van der Waals surface area contributed by atoms with E-state index >= 15 is 0 Å². The third-order valence-corrected chi connectivity index (χ3v) is 3.16. The van der Waals surface area contributed by atoms with Crippen molar-refractivity contribution in [2.75, 3.05) is 13.2 Å². The highest BCUT2D eigenvalue weighted by molar-refractivity contribution is 5.21. The van der Waals surface area contributed by atoms with Gasteiger partial charge in [-0.25, -0.2) is 0 Å². The zero-order valence-corrected chi connectivity index (χ0v) is 10.7. The van der Waals surface area contributed by atoms with Gasteiger partial charge in [-0.15, -0.1) is 6.42 Å². The number of terminal acetylenes is 1. The lowest BCUT2D eigenvalue weighted by Gasteiger charge is -2.22. The van der Waals surface area contributed by atoms with E-state index in [9.17, 15) is 5.11 Å². The smallest absolute Gasteiger partial charge is 0.157 e. The Balaban J connectivity index is 2.28. The lowest BCUT2D eigenvalue weighted by molar-refractivity contribution is -0.161. The third-order valence-electron chi connectivity index (χ3n) is 3.16. The Kier molecular flexibility index (Phi) is 6.28. The van der Waals surface area contributed by atoms with Gasteiger partial charge in [0.1, 0.15) is 6.10 Å². The van der Waals surface area contributed by atoms with Gasteiger partial charge in [0.15, 0.2) is 6.29 Å². The summed E-state index contributed by atoms with van der Waals surface area (Å²) in [6.07, 6.45) is 8.42. The average Bonchev–Trinajstić information content (AvgIpc) is 2.38. The van der Waals surface area contributed by atoms with Crippen molar-refractivity contribution in [3.05, 3.63) is 11.1 Å². The van der Waals surface area contributed by atoms with E-state index in [0.29, 0.717) is 6.61 Å². The molecule has 2 unspecified atom stereocenters. The minimum absolute atomic E-state index is 0.0468. The molecule has 1 aliphatic rings. The summed E-state index contributed by atoms with van der Waals surface area (Å²) in [5, 5.41) is 9.49. The van der Waals surface area contributed by atoms with E-state index in [-0.39, 0.29) is 6.29 Å². The van der Waals surface area contributed by atoms with Crippen LogP contribution in [-0.2, 0) is 9.47 Å². The van der Waals surface area contributed by atoms with Crippen LogP contribution in [0.15, 0.2) is 11.1 Å². The molecule has 1 N–H and O–H groups in total. The van der Waals surface area contributed by atoms with Crippen LogP contribution in [-0.4, -0.2) is 30.7 Å². The predicted octanol–water partition coefficient (Wildman–Crippen LogP) is 2.25. The summed E-state index contributed by atoms with van der Waals surface area (Å²) in [5.41, 5.74) is 1.94. The molecule has 0 spiro atoms. The Morgan fingerprint density at radius 1 is 1.53 bits per heavy atom. The summed E-state index contributed by atoms with van der Waals surface area (Å²) < 4.78 is 11.1. The Bertz CT molecular complexity index is 295. The van der Waals surface area contributed by atoms with Crippen LogP contribution in [0.1, 0.15) is 39.5 Å². The molecule has 0 aromatic rings. The largest absolute Gasteiger partial charge is 0.376 e. The zero-order valence-electron chi connectivity index (χ0n) is 10.7. The first-order chi connectivity index (χ1) is 8.15. The second-order valence-corrected chi connectivity index (χ2v) is 4.45. The third kappa shape index (κ3) is 4.91. The molecule has 1 rings (SSSR count). The van der Waals surface area contributed by atoms with Gasteiger partial charge in [-0.2, -0.15) is 0 Å². The normalized spacial score (nSPS) is 23.8. The molecule has 1 saturated heterocycles. The molecular weight excluding hydrogens is 216 g/mol. The molecule has 0 amide bonds. The number of ether oxygens (including phenoxy) is 2. The van der Waals surface area contributed by atoms with Gasteiger partial charge in [-0.3, -0.25) is 0 Å². The predicted molar refractivity (Wildman–Crippen MR) is 67.4 cm³/mol. The molecule has 1 heterocycles. The molecule has 0 radical (unpaired) electrons. The number of hydrogen-bond acceptors (Lipinski definition) is 3. The second kappa shape index (κ2) is 7.50. The Labute approximate surface area is 104 Å². The average molecular weight is 238 g/mol. The van der Waals surface area contributed by atoms with Crippen LogP contribution in [0.25, 0.3) is 0 Å². The summed E-state index contributed by atoms with van der Waals surface area (Å²) in [7, 11) is 0. The topological polar surface area (TPSA) is 38.7 Å². The van der Waals surface area contributed by atoms with Crippen LogP contribution in [0, 0.1) is 12.3 Å². The van der Waals surface area contributed by atoms with E-state index in [1.54, 1.807) is 0 Å². The summed E-state index contributed by atoms with van der Waals surface area (Å²) in [6.45, 7) is 5.25. The van der Waals surface area contributed by atoms with E-state index < -0.39 is 6.10 Å². The summed E-state index contributed by atoms with van der Waals surface area (Å²) in [6, 6.07) is 0. The van der Waals surface area contributed by atoms with Crippen LogP contribution in [0.4, 0.5) is 0 Å². The molecule has 17 heavy (non-hydrogen) atoms. The van der Waals surface area contributed by atoms with E-state index in [1.807, 2.05) is 13.8 Å². The Morgan fingerprint density at radius 2 is 2.29 bits per heavy atom. The van der Waals surface area contributed by atoms with Crippen LogP contribution in [0.5, 0.6) is 0 Å². The van der Waals surface area contributed by atoms with Crippen LogP contribution < -0.4 is 0 Å². The molecule has 0 aromatic carbocycles. The second-order valence-electron chi connectivity index (χ2n) is 4.45. The first kappa shape index (κ1) is 14.2. The molecule has 1 fully saturated rings. The van der Waals surface area contributed by atoms with Crippen molar-refractivity contribution in [1.29, 1.82) is 0 Å². The van der Waals surface area contributed by atoms with Crippen molar-refractivity contribution in [2.45, 2.75) is 51.9 Å². The van der Waals surface area contributed by atoms with Crippen molar-refractivity contribution in [3.63, 3.8) is 0 Å². The van der Waals surface area contributed by atoms with Gasteiger partial charge in [0, 0.05) is 6.61 Å². The van der Waals surface area contributed by atoms with Crippen molar-refractivity contribution in [1.82, 2.24) is 0 Å². The van der Waals surface area contributed by atoms with Crippen molar-refractivity contribution in [2.24, 2.45) is 0 Å². The summed E-state index contributed by atoms with van der Waals surface area (Å²) >= 11 is 0. The van der Waals surface area contributed by atoms with Gasteiger partial charge >= 0.3 is 0 Å². The fourth-order valence-electron chi connectivity index (χ4n) is 1.74. The molecule has 2 atom stereocenters. The number of aliphatic hydroxyl groups excluding tert-OH is 1. The quantitative estimate of drug-likeness (QED) is 0.590. The van der Waals surface area contributed by atoms with Crippen molar-refractivity contribution in [3.8, 4) is 12.3 Å². The molecule has 0 aliphatic carbocycles. The number of hydrogen-bond donors (Lipinski definition) is 1. The maximum Gasteiger partial charge on any atom is 0.157 e. The van der Waals surface area contributed by atoms with Crippen LogP contribution >= 0.6 is 0 Å². The van der Waals surface area contributed by atoms with E-state index in [0.717, 1.165) is 37.0 Å². The maximum absolute atomic E-state index is 9.49. The molecule has 0 aromatic heterocycles. The molecule has 1 aliphatic heterocycles. The van der Waals surface area contributed by atoms with E-state index in [2.05, 4.69) is 5.92 Å². The maximum atomic E-state index is 9.49. The van der Waals surface area contributed by atoms with Gasteiger partial charge < -0.3 is 14.6 Å². The standard InChI is InChI=1S/C14H22O3/c1-4-13(15)12(3)11(2)8-10-17-14-7-5-6-9-16-14/h1,13-15H,5-10H2,2-3H3/b12-11-. The number of aliphatic hydroxyl groups is 1. The highest BCUT2D eigenvalue weighted by Crippen LogP contribution is 2.16. The van der Waals surface area contributed by atoms with E-state index in [1.165, 1.54) is 6.42 Å². The van der Waals surface area contributed by atoms with Gasteiger partial charge in [-0.05, 0) is 45.1 Å². The zero-order chi connectivity index (χ0) is 12.7. The molecule has 3 heteroatoms. The highest BCUT2D eigenvalue weighted by atomic mass is 16.7. The lowest BCUT2D eigenvalue weighted by atomic mass is 10.0. The summed E-state index contributed by atoms with van der Waals surface area (Å²) in [4.78, 5) is 0. The number of rotatable bonds is 5. The minimum Gasteiger partial charge on any atom is -0.376 e. The molecule has 96 valence electrons. The van der Waals surface area contributed by atoms with Gasteiger partial charge in [0.25, 0.3) is 0 Å². The van der Waals surface area contributed by atoms with Crippen molar-refractivity contribution < 1.29 is 14.6 Å². The Morgan fingerprint density at radius 3 is 2.88 bits per heavy atom. The van der Waals surface area contributed by atoms with Gasteiger partial charge in [-0.1, -0.05) is 11.5 Å². The molecular formula is C14H22O3. The first-order valence-corrected chi connectivity index (χ1v) is 6.18. The fourth-order valence-corrected chi connectivity index (χ4v) is 1.74. The lowest BCUT2D eigenvalue weighted by Crippen LogP contribution is -2.22. The van der Waals surface area contributed by atoms with Crippen molar-refractivity contribution >= 4 is 0 Å². The monoisotopic (exact) mass is 238 g/mol. The minimum atomic E-state index is -0.777. The fraction of sp³-hybridized carbons (Fsp3) is 0.714. The molecule has 0 saturated carbocycles. The molecule has 0 bridgehead atoms. The van der Waals surface area contributed by atoms with E-state index in [4.69, 9.17) is 15.9 Å². The Hall–Kier alpha value is -0.820. The summed E-state index contributed by atoms with van der Waals surface area (Å²) in [5.74, 6) is 2.32.